The molecule has 0 saturated heterocycles. The minimum atomic E-state index is -0.269. The lowest BCUT2D eigenvalue weighted by Gasteiger charge is -2.18. The number of nitrogens with one attached hydrogen (secondary N) is 1. The van der Waals surface area contributed by atoms with E-state index in [1.807, 2.05) is 13.0 Å². The second kappa shape index (κ2) is 8.97. The lowest BCUT2D eigenvalue weighted by molar-refractivity contribution is -0.123. The Bertz CT molecular complexity index is 754. The van der Waals surface area contributed by atoms with Crippen molar-refractivity contribution in [3.05, 3.63) is 51.5 Å². The molecule has 0 aliphatic carbocycles. The van der Waals surface area contributed by atoms with Crippen LogP contribution in [-0.2, 0) is 4.79 Å². The average molecular weight is 429 g/mol. The molecule has 0 spiro atoms. The fourth-order valence-electron chi connectivity index (χ4n) is 2.27. The highest BCUT2D eigenvalue weighted by atomic mass is 79.9. The molecule has 0 aliphatic heterocycles. The summed E-state index contributed by atoms with van der Waals surface area (Å²) in [5.74, 6) is 1.67. The van der Waals surface area contributed by atoms with Crippen molar-refractivity contribution in [2.45, 2.75) is 13.0 Å². The van der Waals surface area contributed by atoms with E-state index in [0.29, 0.717) is 26.7 Å². The van der Waals surface area contributed by atoms with Crippen LogP contribution in [0, 0.1) is 0 Å². The number of rotatable bonds is 7. The van der Waals surface area contributed by atoms with Crippen LogP contribution in [0.4, 0.5) is 0 Å². The van der Waals surface area contributed by atoms with Crippen molar-refractivity contribution in [3.8, 4) is 17.2 Å². The second-order valence-corrected chi connectivity index (χ2v) is 6.55. The Morgan fingerprint density at radius 2 is 1.88 bits per heavy atom. The number of halogens is 2. The maximum atomic E-state index is 12.2. The topological polar surface area (TPSA) is 56.8 Å². The zero-order chi connectivity index (χ0) is 18.4. The molecule has 2 rings (SSSR count). The number of hydrogen-bond donors (Lipinski definition) is 1. The molecule has 1 N–H and O–H groups in total. The molecule has 134 valence electrons. The van der Waals surface area contributed by atoms with Gasteiger partial charge in [0.2, 0.25) is 0 Å². The van der Waals surface area contributed by atoms with Gasteiger partial charge >= 0.3 is 0 Å². The largest absolute Gasteiger partial charge is 0.497 e. The second-order valence-electron chi connectivity index (χ2n) is 5.26. The predicted octanol–water partition coefficient (Wildman–Crippen LogP) is 4.38. The van der Waals surface area contributed by atoms with Crippen molar-refractivity contribution in [2.24, 2.45) is 0 Å². The summed E-state index contributed by atoms with van der Waals surface area (Å²) in [4.78, 5) is 12.2. The van der Waals surface area contributed by atoms with E-state index < -0.39 is 0 Å². The quantitative estimate of drug-likeness (QED) is 0.711. The van der Waals surface area contributed by atoms with Crippen LogP contribution in [0.1, 0.15) is 18.5 Å². The first-order chi connectivity index (χ1) is 11.9. The highest BCUT2D eigenvalue weighted by Crippen LogP contribution is 2.30. The molecule has 2 aromatic carbocycles. The van der Waals surface area contributed by atoms with E-state index >= 15 is 0 Å². The Balaban J connectivity index is 2.00. The van der Waals surface area contributed by atoms with Crippen LogP contribution in [0.3, 0.4) is 0 Å². The van der Waals surface area contributed by atoms with Gasteiger partial charge in [0, 0.05) is 10.6 Å². The van der Waals surface area contributed by atoms with Gasteiger partial charge in [-0.1, -0.05) is 11.6 Å². The molecule has 0 aliphatic rings. The molecule has 0 unspecified atom stereocenters. The van der Waals surface area contributed by atoms with E-state index in [1.165, 1.54) is 0 Å². The van der Waals surface area contributed by atoms with Gasteiger partial charge in [0.25, 0.3) is 5.91 Å². The Hall–Kier alpha value is -1.92. The molecule has 5 nitrogen and oxygen atoms in total. The molecule has 1 atom stereocenters. The predicted molar refractivity (Wildman–Crippen MR) is 101 cm³/mol. The van der Waals surface area contributed by atoms with Gasteiger partial charge in [0.15, 0.2) is 6.61 Å². The molecule has 25 heavy (non-hydrogen) atoms. The van der Waals surface area contributed by atoms with Crippen LogP contribution in [0.15, 0.2) is 40.9 Å². The van der Waals surface area contributed by atoms with E-state index in [1.54, 1.807) is 44.6 Å². The average Bonchev–Trinajstić information content (AvgIpc) is 2.60. The summed E-state index contributed by atoms with van der Waals surface area (Å²) in [5.41, 5.74) is 0.822. The zero-order valence-electron chi connectivity index (χ0n) is 14.1. The minimum absolute atomic E-state index is 0.114. The highest BCUT2D eigenvalue weighted by Gasteiger charge is 2.16. The van der Waals surface area contributed by atoms with E-state index in [-0.39, 0.29) is 18.6 Å². The Morgan fingerprint density at radius 1 is 1.16 bits per heavy atom. The number of benzene rings is 2. The lowest BCUT2D eigenvalue weighted by atomic mass is 10.1. The first-order valence-electron chi connectivity index (χ1n) is 7.53. The normalized spacial score (nSPS) is 11.6. The van der Waals surface area contributed by atoms with Crippen molar-refractivity contribution in [2.75, 3.05) is 20.8 Å². The standard InChI is InChI=1S/C18H19BrClNO4/c1-11(14-9-13(23-2)5-7-16(14)24-3)21-18(22)10-25-17-6-4-12(20)8-15(17)19/h4-9,11H,10H2,1-3H3,(H,21,22)/t11-/m1/s1. The molecule has 2 aromatic rings. The summed E-state index contributed by atoms with van der Waals surface area (Å²) in [6.45, 7) is 1.75. The van der Waals surface area contributed by atoms with E-state index in [9.17, 15) is 4.79 Å². The SMILES string of the molecule is COc1ccc(OC)c([C@@H](C)NC(=O)COc2ccc(Cl)cc2Br)c1. The third kappa shape index (κ3) is 5.28. The third-order valence-electron chi connectivity index (χ3n) is 3.53. The van der Waals surface area contributed by atoms with Gasteiger partial charge in [-0.2, -0.15) is 0 Å². The third-order valence-corrected chi connectivity index (χ3v) is 4.39. The van der Waals surface area contributed by atoms with Gasteiger partial charge in [-0.3, -0.25) is 4.79 Å². The molecule has 1 amide bonds. The van der Waals surface area contributed by atoms with Gasteiger partial charge in [-0.25, -0.2) is 0 Å². The van der Waals surface area contributed by atoms with Crippen molar-refractivity contribution in [1.82, 2.24) is 5.32 Å². The highest BCUT2D eigenvalue weighted by molar-refractivity contribution is 9.10. The molecule has 7 heteroatoms. The summed E-state index contributed by atoms with van der Waals surface area (Å²) in [7, 11) is 3.17. The molecular weight excluding hydrogens is 410 g/mol. The lowest BCUT2D eigenvalue weighted by Crippen LogP contribution is -2.31. The molecule has 0 heterocycles. The number of ether oxygens (including phenoxy) is 3. The van der Waals surface area contributed by atoms with Crippen LogP contribution in [0.5, 0.6) is 17.2 Å². The Kier molecular flexibility index (Phi) is 6.96. The zero-order valence-corrected chi connectivity index (χ0v) is 16.5. The van der Waals surface area contributed by atoms with E-state index in [2.05, 4.69) is 21.2 Å². The summed E-state index contributed by atoms with van der Waals surface area (Å²) >= 11 is 9.23. The minimum Gasteiger partial charge on any atom is -0.497 e. The van der Waals surface area contributed by atoms with Crippen molar-refractivity contribution in [3.63, 3.8) is 0 Å². The van der Waals surface area contributed by atoms with Gasteiger partial charge in [0.05, 0.1) is 24.7 Å². The molecular formula is C18H19BrClNO4. The van der Waals surface area contributed by atoms with Crippen LogP contribution >= 0.6 is 27.5 Å². The van der Waals surface area contributed by atoms with E-state index in [0.717, 1.165) is 5.56 Å². The molecule has 0 bridgehead atoms. The summed E-state index contributed by atoms with van der Waals surface area (Å²) < 4.78 is 16.8. The van der Waals surface area contributed by atoms with Crippen molar-refractivity contribution < 1.29 is 19.0 Å². The van der Waals surface area contributed by atoms with E-state index in [4.69, 9.17) is 25.8 Å². The summed E-state index contributed by atoms with van der Waals surface area (Å²) in [5, 5.41) is 3.47. The van der Waals surface area contributed by atoms with Gasteiger partial charge < -0.3 is 19.5 Å². The van der Waals surface area contributed by atoms with Gasteiger partial charge in [-0.05, 0) is 59.3 Å². The first kappa shape index (κ1) is 19.4. The molecule has 0 saturated carbocycles. The summed E-state index contributed by atoms with van der Waals surface area (Å²) in [6, 6.07) is 10.3. The van der Waals surface area contributed by atoms with Crippen LogP contribution < -0.4 is 19.5 Å². The monoisotopic (exact) mass is 427 g/mol. The summed E-state index contributed by atoms with van der Waals surface area (Å²) in [6.07, 6.45) is 0. The van der Waals surface area contributed by atoms with Crippen LogP contribution in [0.2, 0.25) is 5.02 Å². The number of hydrogen-bond acceptors (Lipinski definition) is 4. The first-order valence-corrected chi connectivity index (χ1v) is 8.70. The Morgan fingerprint density at radius 3 is 2.52 bits per heavy atom. The number of carbonyl (C=O) groups is 1. The maximum Gasteiger partial charge on any atom is 0.258 e. The molecule has 0 aromatic heterocycles. The molecule has 0 fully saturated rings. The van der Waals surface area contributed by atoms with Gasteiger partial charge in [0.1, 0.15) is 17.2 Å². The fourth-order valence-corrected chi connectivity index (χ4v) is 3.07. The maximum absolute atomic E-state index is 12.2. The van der Waals surface area contributed by atoms with Crippen LogP contribution in [0.25, 0.3) is 0 Å². The molecule has 0 radical (unpaired) electrons. The van der Waals surface area contributed by atoms with Crippen molar-refractivity contribution in [1.29, 1.82) is 0 Å². The number of amides is 1. The smallest absolute Gasteiger partial charge is 0.258 e. The van der Waals surface area contributed by atoms with Gasteiger partial charge in [-0.15, -0.1) is 0 Å². The fraction of sp³-hybridized carbons (Fsp3) is 0.278. The number of carbonyl (C=O) groups excluding carboxylic acids is 1. The number of methoxy groups -OCH3 is 2. The Labute approximate surface area is 160 Å². The van der Waals surface area contributed by atoms with Crippen molar-refractivity contribution >= 4 is 33.4 Å². The van der Waals surface area contributed by atoms with Crippen LogP contribution in [-0.4, -0.2) is 26.7 Å².